The number of hydrogen-bond acceptors (Lipinski definition) is 1. The van der Waals surface area contributed by atoms with Crippen LogP contribution in [-0.4, -0.2) is 11.1 Å². The van der Waals surface area contributed by atoms with Crippen LogP contribution in [0.5, 0.6) is 0 Å². The minimum absolute atomic E-state index is 0.290. The van der Waals surface area contributed by atoms with E-state index in [4.69, 9.17) is 11.6 Å². The molecule has 0 saturated heterocycles. The van der Waals surface area contributed by atoms with Gasteiger partial charge >= 0.3 is 5.97 Å². The first kappa shape index (κ1) is 11.5. The van der Waals surface area contributed by atoms with E-state index in [0.29, 0.717) is 10.9 Å². The molecule has 3 heteroatoms. The van der Waals surface area contributed by atoms with Crippen LogP contribution in [0.3, 0.4) is 0 Å². The third-order valence-corrected chi connectivity index (χ3v) is 3.62. The summed E-state index contributed by atoms with van der Waals surface area (Å²) in [7, 11) is 0. The lowest BCUT2D eigenvalue weighted by Gasteiger charge is -2.19. The Balaban J connectivity index is 2.24. The number of rotatable bonds is 3. The van der Waals surface area contributed by atoms with Gasteiger partial charge in [0.1, 0.15) is 0 Å². The van der Waals surface area contributed by atoms with Crippen molar-refractivity contribution < 1.29 is 9.90 Å². The van der Waals surface area contributed by atoms with Crippen LogP contribution < -0.4 is 0 Å². The first-order valence-electron chi connectivity index (χ1n) is 5.67. The maximum Gasteiger partial charge on any atom is 0.311 e. The van der Waals surface area contributed by atoms with E-state index in [1.807, 2.05) is 12.1 Å². The van der Waals surface area contributed by atoms with Gasteiger partial charge in [-0.05, 0) is 36.5 Å². The second-order valence-electron chi connectivity index (χ2n) is 4.41. The number of carboxylic acid groups (broad SMARTS) is 1. The van der Waals surface area contributed by atoms with Crippen LogP contribution in [0.1, 0.15) is 37.2 Å². The highest BCUT2D eigenvalue weighted by Crippen LogP contribution is 2.37. The minimum Gasteiger partial charge on any atom is -0.481 e. The van der Waals surface area contributed by atoms with Crippen LogP contribution in [0.2, 0.25) is 5.02 Å². The highest BCUT2D eigenvalue weighted by molar-refractivity contribution is 6.30. The molecule has 0 heterocycles. The molecule has 0 unspecified atom stereocenters. The van der Waals surface area contributed by atoms with Gasteiger partial charge in [0.2, 0.25) is 0 Å². The SMILES string of the molecule is O=C(O)[C@H](c1ccc(Cl)cc1)C1CCCC1. The van der Waals surface area contributed by atoms with Crippen molar-refractivity contribution in [1.82, 2.24) is 0 Å². The Bertz CT molecular complexity index is 366. The van der Waals surface area contributed by atoms with Crippen LogP contribution in [0, 0.1) is 5.92 Å². The molecule has 2 nitrogen and oxygen atoms in total. The van der Waals surface area contributed by atoms with Gasteiger partial charge in [0, 0.05) is 5.02 Å². The first-order chi connectivity index (χ1) is 7.68. The smallest absolute Gasteiger partial charge is 0.311 e. The monoisotopic (exact) mass is 238 g/mol. The standard InChI is InChI=1S/C13H15ClO2/c14-11-7-5-10(6-8-11)12(13(15)16)9-3-1-2-4-9/h5-9,12H,1-4H2,(H,15,16)/t12-/m0/s1. The average Bonchev–Trinajstić information content (AvgIpc) is 2.74. The molecule has 1 aliphatic carbocycles. The zero-order valence-corrected chi connectivity index (χ0v) is 9.78. The highest BCUT2D eigenvalue weighted by atomic mass is 35.5. The summed E-state index contributed by atoms with van der Waals surface area (Å²) in [6.07, 6.45) is 4.36. The number of carboxylic acids is 1. The van der Waals surface area contributed by atoms with Crippen LogP contribution in [0.15, 0.2) is 24.3 Å². The zero-order valence-electron chi connectivity index (χ0n) is 9.03. The molecule has 1 fully saturated rings. The fraction of sp³-hybridized carbons (Fsp3) is 0.462. The molecule has 16 heavy (non-hydrogen) atoms. The Morgan fingerprint density at radius 1 is 1.25 bits per heavy atom. The lowest BCUT2D eigenvalue weighted by Crippen LogP contribution is -2.19. The zero-order chi connectivity index (χ0) is 11.5. The lowest BCUT2D eigenvalue weighted by atomic mass is 9.85. The van der Waals surface area contributed by atoms with E-state index in [-0.39, 0.29) is 5.92 Å². The summed E-state index contributed by atoms with van der Waals surface area (Å²) in [6, 6.07) is 7.20. The van der Waals surface area contributed by atoms with E-state index in [0.717, 1.165) is 31.2 Å². The van der Waals surface area contributed by atoms with Crippen molar-refractivity contribution in [1.29, 1.82) is 0 Å². The second kappa shape index (κ2) is 4.88. The molecule has 86 valence electrons. The number of carbonyl (C=O) groups is 1. The molecule has 1 aromatic carbocycles. The van der Waals surface area contributed by atoms with Crippen molar-refractivity contribution in [3.63, 3.8) is 0 Å². The Morgan fingerprint density at radius 3 is 2.31 bits per heavy atom. The Morgan fingerprint density at radius 2 is 1.81 bits per heavy atom. The predicted molar refractivity (Wildman–Crippen MR) is 63.8 cm³/mol. The molecule has 1 aliphatic rings. The van der Waals surface area contributed by atoms with Crippen molar-refractivity contribution in [2.45, 2.75) is 31.6 Å². The molecule has 1 N–H and O–H groups in total. The van der Waals surface area contributed by atoms with E-state index in [2.05, 4.69) is 0 Å². The van der Waals surface area contributed by atoms with Crippen molar-refractivity contribution in [2.75, 3.05) is 0 Å². The summed E-state index contributed by atoms with van der Waals surface area (Å²) >= 11 is 5.81. The van der Waals surface area contributed by atoms with Crippen LogP contribution >= 0.6 is 11.6 Å². The maximum absolute atomic E-state index is 11.3. The molecule has 0 aromatic heterocycles. The molecule has 0 bridgehead atoms. The van der Waals surface area contributed by atoms with Gasteiger partial charge < -0.3 is 5.11 Å². The molecule has 1 aromatic rings. The number of halogens is 1. The topological polar surface area (TPSA) is 37.3 Å². The normalized spacial score (nSPS) is 18.6. The summed E-state index contributed by atoms with van der Waals surface area (Å²) in [5.74, 6) is -0.785. The van der Waals surface area contributed by atoms with Gasteiger partial charge in [-0.3, -0.25) is 4.79 Å². The number of aliphatic carboxylic acids is 1. The van der Waals surface area contributed by atoms with Crippen molar-refractivity contribution >= 4 is 17.6 Å². The van der Waals surface area contributed by atoms with Gasteiger partial charge in [-0.2, -0.15) is 0 Å². The van der Waals surface area contributed by atoms with Crippen LogP contribution in [0.4, 0.5) is 0 Å². The van der Waals surface area contributed by atoms with Gasteiger partial charge in [-0.15, -0.1) is 0 Å². The first-order valence-corrected chi connectivity index (χ1v) is 6.04. The molecule has 1 atom stereocenters. The largest absolute Gasteiger partial charge is 0.481 e. The maximum atomic E-state index is 11.3. The van der Waals surface area contributed by atoms with Crippen molar-refractivity contribution in [3.8, 4) is 0 Å². The van der Waals surface area contributed by atoms with E-state index < -0.39 is 5.97 Å². The van der Waals surface area contributed by atoms with Gasteiger partial charge in [-0.1, -0.05) is 36.6 Å². The third kappa shape index (κ3) is 2.38. The van der Waals surface area contributed by atoms with Gasteiger partial charge in [0.25, 0.3) is 0 Å². The van der Waals surface area contributed by atoms with Crippen molar-refractivity contribution in [3.05, 3.63) is 34.9 Å². The van der Waals surface area contributed by atoms with Crippen molar-refractivity contribution in [2.24, 2.45) is 5.92 Å². The molecular formula is C13H15ClO2. The molecule has 2 rings (SSSR count). The quantitative estimate of drug-likeness (QED) is 0.872. The molecule has 0 spiro atoms. The molecule has 1 saturated carbocycles. The van der Waals surface area contributed by atoms with Gasteiger partial charge in [0.05, 0.1) is 5.92 Å². The van der Waals surface area contributed by atoms with Gasteiger partial charge in [-0.25, -0.2) is 0 Å². The predicted octanol–water partition coefficient (Wildman–Crippen LogP) is 3.70. The Kier molecular flexibility index (Phi) is 3.49. The summed E-state index contributed by atoms with van der Waals surface area (Å²) < 4.78 is 0. The average molecular weight is 239 g/mol. The summed E-state index contributed by atoms with van der Waals surface area (Å²) in [5, 5.41) is 9.98. The van der Waals surface area contributed by atoms with Crippen LogP contribution in [-0.2, 0) is 4.79 Å². The highest BCUT2D eigenvalue weighted by Gasteiger charge is 2.31. The van der Waals surface area contributed by atoms with Gasteiger partial charge in [0.15, 0.2) is 0 Å². The summed E-state index contributed by atoms with van der Waals surface area (Å²) in [6.45, 7) is 0. The Labute approximate surface area is 100 Å². The fourth-order valence-electron chi connectivity index (χ4n) is 2.58. The second-order valence-corrected chi connectivity index (χ2v) is 4.85. The molecule has 0 amide bonds. The third-order valence-electron chi connectivity index (χ3n) is 3.37. The van der Waals surface area contributed by atoms with E-state index >= 15 is 0 Å². The Hall–Kier alpha value is -1.02. The van der Waals surface area contributed by atoms with E-state index in [1.165, 1.54) is 0 Å². The van der Waals surface area contributed by atoms with E-state index in [1.54, 1.807) is 12.1 Å². The lowest BCUT2D eigenvalue weighted by molar-refractivity contribution is -0.140. The number of benzene rings is 1. The molecule has 0 aliphatic heterocycles. The number of hydrogen-bond donors (Lipinski definition) is 1. The van der Waals surface area contributed by atoms with Crippen LogP contribution in [0.25, 0.3) is 0 Å². The summed E-state index contributed by atoms with van der Waals surface area (Å²) in [5.41, 5.74) is 0.879. The molecule has 0 radical (unpaired) electrons. The van der Waals surface area contributed by atoms with E-state index in [9.17, 15) is 9.90 Å². The molecular weight excluding hydrogens is 224 g/mol. The summed E-state index contributed by atoms with van der Waals surface area (Å²) in [4.78, 5) is 11.3. The minimum atomic E-state index is -0.714. The fourth-order valence-corrected chi connectivity index (χ4v) is 2.70.